The maximum absolute atomic E-state index is 11.0. The Hall–Kier alpha value is -2.08. The van der Waals surface area contributed by atoms with Crippen molar-refractivity contribution in [3.8, 4) is 0 Å². The second kappa shape index (κ2) is 5.27. The zero-order chi connectivity index (χ0) is 14.0. The SMILES string of the molecule is CN(Cc1nccn1C)c1ccc(Cl)c(C(=O)O)n1. The molecule has 0 aliphatic carbocycles. The fourth-order valence-electron chi connectivity index (χ4n) is 1.64. The van der Waals surface area contributed by atoms with E-state index in [1.165, 1.54) is 6.07 Å². The molecule has 0 saturated carbocycles. The Morgan fingerprint density at radius 1 is 1.53 bits per heavy atom. The van der Waals surface area contributed by atoms with Crippen molar-refractivity contribution in [2.24, 2.45) is 7.05 Å². The highest BCUT2D eigenvalue weighted by atomic mass is 35.5. The van der Waals surface area contributed by atoms with E-state index in [0.717, 1.165) is 5.82 Å². The van der Waals surface area contributed by atoms with Crippen LogP contribution in [0.2, 0.25) is 5.02 Å². The zero-order valence-corrected chi connectivity index (χ0v) is 11.3. The number of carboxylic acid groups (broad SMARTS) is 1. The van der Waals surface area contributed by atoms with Gasteiger partial charge in [-0.25, -0.2) is 14.8 Å². The monoisotopic (exact) mass is 280 g/mol. The number of aryl methyl sites for hydroxylation is 1. The summed E-state index contributed by atoms with van der Waals surface area (Å²) in [5, 5.41) is 9.12. The number of halogens is 1. The first-order valence-electron chi connectivity index (χ1n) is 5.56. The van der Waals surface area contributed by atoms with Gasteiger partial charge in [0, 0.05) is 26.5 Å². The van der Waals surface area contributed by atoms with Crippen LogP contribution in [-0.2, 0) is 13.6 Å². The molecule has 0 fully saturated rings. The molecule has 0 bridgehead atoms. The van der Waals surface area contributed by atoms with Crippen molar-refractivity contribution in [1.29, 1.82) is 0 Å². The Morgan fingerprint density at radius 3 is 2.84 bits per heavy atom. The van der Waals surface area contributed by atoms with E-state index in [2.05, 4.69) is 9.97 Å². The third-order valence-electron chi connectivity index (χ3n) is 2.72. The van der Waals surface area contributed by atoms with Gasteiger partial charge in [0.15, 0.2) is 5.69 Å². The molecule has 0 spiro atoms. The quantitative estimate of drug-likeness (QED) is 0.925. The number of carboxylic acids is 1. The minimum atomic E-state index is -1.14. The van der Waals surface area contributed by atoms with E-state index in [4.69, 9.17) is 16.7 Å². The third kappa shape index (κ3) is 2.85. The van der Waals surface area contributed by atoms with Crippen LogP contribution < -0.4 is 4.90 Å². The van der Waals surface area contributed by atoms with Gasteiger partial charge in [-0.15, -0.1) is 0 Å². The second-order valence-corrected chi connectivity index (χ2v) is 4.52. The number of aromatic nitrogens is 3. The minimum absolute atomic E-state index is 0.127. The molecule has 100 valence electrons. The predicted octanol–water partition coefficient (Wildman–Crippen LogP) is 1.80. The van der Waals surface area contributed by atoms with Crippen LogP contribution in [-0.4, -0.2) is 32.7 Å². The van der Waals surface area contributed by atoms with Crippen molar-refractivity contribution < 1.29 is 9.90 Å². The summed E-state index contributed by atoms with van der Waals surface area (Å²) in [4.78, 5) is 21.0. The number of hydrogen-bond acceptors (Lipinski definition) is 4. The van der Waals surface area contributed by atoms with Crippen molar-refractivity contribution in [2.45, 2.75) is 6.54 Å². The summed E-state index contributed by atoms with van der Waals surface area (Å²) in [6.45, 7) is 0.525. The van der Waals surface area contributed by atoms with E-state index in [1.54, 1.807) is 12.3 Å². The average Bonchev–Trinajstić information content (AvgIpc) is 2.75. The normalized spacial score (nSPS) is 10.5. The van der Waals surface area contributed by atoms with E-state index in [9.17, 15) is 4.79 Å². The second-order valence-electron chi connectivity index (χ2n) is 4.12. The van der Waals surface area contributed by atoms with E-state index < -0.39 is 5.97 Å². The van der Waals surface area contributed by atoms with Gasteiger partial charge in [-0.3, -0.25) is 0 Å². The first-order chi connectivity index (χ1) is 8.99. The Bertz CT molecular complexity index is 612. The Labute approximate surface area is 115 Å². The zero-order valence-electron chi connectivity index (χ0n) is 10.5. The van der Waals surface area contributed by atoms with Gasteiger partial charge in [-0.2, -0.15) is 0 Å². The number of aromatic carboxylic acids is 1. The molecule has 0 aliphatic heterocycles. The van der Waals surface area contributed by atoms with Gasteiger partial charge >= 0.3 is 5.97 Å². The van der Waals surface area contributed by atoms with Crippen molar-refractivity contribution in [3.63, 3.8) is 0 Å². The molecule has 0 radical (unpaired) electrons. The summed E-state index contributed by atoms with van der Waals surface area (Å²) in [5.41, 5.74) is -0.147. The summed E-state index contributed by atoms with van der Waals surface area (Å²) in [6.07, 6.45) is 3.56. The van der Waals surface area contributed by atoms with E-state index >= 15 is 0 Å². The first kappa shape index (κ1) is 13.4. The van der Waals surface area contributed by atoms with Crippen LogP contribution in [0.15, 0.2) is 24.5 Å². The fraction of sp³-hybridized carbons (Fsp3) is 0.250. The largest absolute Gasteiger partial charge is 0.476 e. The highest BCUT2D eigenvalue weighted by Gasteiger charge is 2.14. The van der Waals surface area contributed by atoms with Gasteiger partial charge < -0.3 is 14.6 Å². The lowest BCUT2D eigenvalue weighted by atomic mass is 10.3. The van der Waals surface area contributed by atoms with E-state index in [0.29, 0.717) is 12.4 Å². The predicted molar refractivity (Wildman–Crippen MR) is 71.5 cm³/mol. The maximum atomic E-state index is 11.0. The van der Waals surface area contributed by atoms with Crippen LogP contribution in [0.5, 0.6) is 0 Å². The molecule has 0 aliphatic rings. The Balaban J connectivity index is 2.24. The lowest BCUT2D eigenvalue weighted by Gasteiger charge is -2.18. The van der Waals surface area contributed by atoms with Gasteiger partial charge in [-0.05, 0) is 12.1 Å². The van der Waals surface area contributed by atoms with E-state index in [1.807, 2.05) is 29.8 Å². The van der Waals surface area contributed by atoms with Crippen molar-refractivity contribution in [3.05, 3.63) is 41.1 Å². The molecule has 0 amide bonds. The highest BCUT2D eigenvalue weighted by Crippen LogP contribution is 2.19. The van der Waals surface area contributed by atoms with Gasteiger partial charge in [-0.1, -0.05) is 11.6 Å². The van der Waals surface area contributed by atoms with Crippen LogP contribution in [0.3, 0.4) is 0 Å². The molecule has 0 saturated heterocycles. The lowest BCUT2D eigenvalue weighted by Crippen LogP contribution is -2.21. The number of hydrogen-bond donors (Lipinski definition) is 1. The first-order valence-corrected chi connectivity index (χ1v) is 5.94. The van der Waals surface area contributed by atoms with Crippen LogP contribution in [0, 0.1) is 0 Å². The molecule has 2 rings (SSSR count). The molecule has 1 N–H and O–H groups in total. The molecule has 0 atom stereocenters. The van der Waals surface area contributed by atoms with Crippen LogP contribution in [0.25, 0.3) is 0 Å². The molecule has 7 heteroatoms. The topological polar surface area (TPSA) is 71.2 Å². The van der Waals surface area contributed by atoms with Crippen LogP contribution in [0.1, 0.15) is 16.3 Å². The van der Waals surface area contributed by atoms with E-state index in [-0.39, 0.29) is 10.7 Å². The number of pyridine rings is 1. The number of imidazole rings is 1. The lowest BCUT2D eigenvalue weighted by molar-refractivity contribution is 0.0691. The van der Waals surface area contributed by atoms with Crippen LogP contribution >= 0.6 is 11.6 Å². The average molecular weight is 281 g/mol. The summed E-state index contributed by atoms with van der Waals surface area (Å²) in [7, 11) is 3.71. The third-order valence-corrected chi connectivity index (χ3v) is 3.03. The number of rotatable bonds is 4. The number of nitrogens with zero attached hydrogens (tertiary/aromatic N) is 4. The summed E-state index contributed by atoms with van der Waals surface area (Å²) >= 11 is 5.79. The van der Waals surface area contributed by atoms with Gasteiger partial charge in [0.1, 0.15) is 11.6 Å². The molecule has 0 unspecified atom stereocenters. The van der Waals surface area contributed by atoms with Crippen molar-refractivity contribution >= 4 is 23.4 Å². The Morgan fingerprint density at radius 2 is 2.26 bits per heavy atom. The summed E-state index contributed by atoms with van der Waals surface area (Å²) in [5.74, 6) is 0.248. The van der Waals surface area contributed by atoms with Crippen molar-refractivity contribution in [1.82, 2.24) is 14.5 Å². The highest BCUT2D eigenvalue weighted by molar-refractivity contribution is 6.33. The van der Waals surface area contributed by atoms with Gasteiger partial charge in [0.25, 0.3) is 0 Å². The maximum Gasteiger partial charge on any atom is 0.356 e. The molecular formula is C12H13ClN4O2. The van der Waals surface area contributed by atoms with Gasteiger partial charge in [0.05, 0.1) is 11.6 Å². The molecule has 2 aromatic rings. The molecule has 0 aromatic carbocycles. The number of anilines is 1. The smallest absolute Gasteiger partial charge is 0.356 e. The fourth-order valence-corrected chi connectivity index (χ4v) is 1.82. The number of carbonyl (C=O) groups is 1. The standard InChI is InChI=1S/C12H13ClN4O2/c1-16-6-5-14-10(16)7-17(2)9-4-3-8(13)11(15-9)12(18)19/h3-6H,7H2,1-2H3,(H,18,19). The van der Waals surface area contributed by atoms with Crippen molar-refractivity contribution in [2.75, 3.05) is 11.9 Å². The Kier molecular flexibility index (Phi) is 3.71. The minimum Gasteiger partial charge on any atom is -0.476 e. The molecular weight excluding hydrogens is 268 g/mol. The molecule has 2 aromatic heterocycles. The molecule has 19 heavy (non-hydrogen) atoms. The summed E-state index contributed by atoms with van der Waals surface area (Å²) < 4.78 is 1.89. The van der Waals surface area contributed by atoms with Crippen LogP contribution in [0.4, 0.5) is 5.82 Å². The van der Waals surface area contributed by atoms with Gasteiger partial charge in [0.2, 0.25) is 0 Å². The molecule has 6 nitrogen and oxygen atoms in total. The molecule has 2 heterocycles. The summed E-state index contributed by atoms with van der Waals surface area (Å²) in [6, 6.07) is 3.21.